The number of aryl methyl sites for hydroxylation is 1. The van der Waals surface area contributed by atoms with E-state index in [4.69, 9.17) is 9.72 Å². The third-order valence-corrected chi connectivity index (χ3v) is 6.99. The van der Waals surface area contributed by atoms with Crippen LogP contribution in [0.5, 0.6) is 0 Å². The van der Waals surface area contributed by atoms with Crippen molar-refractivity contribution in [3.8, 4) is 27.6 Å². The van der Waals surface area contributed by atoms with Gasteiger partial charge in [0.2, 0.25) is 0 Å². The van der Waals surface area contributed by atoms with Crippen LogP contribution < -0.4 is 4.90 Å². The first-order valence-electron chi connectivity index (χ1n) is 10.5. The summed E-state index contributed by atoms with van der Waals surface area (Å²) in [7, 11) is 0. The molecule has 0 bridgehead atoms. The molecule has 0 radical (unpaired) electrons. The molecule has 0 saturated carbocycles. The zero-order valence-corrected chi connectivity index (χ0v) is 18.6. The van der Waals surface area contributed by atoms with Crippen LogP contribution in [0.3, 0.4) is 0 Å². The summed E-state index contributed by atoms with van der Waals surface area (Å²) in [5.41, 5.74) is 0.691. The van der Waals surface area contributed by atoms with Crippen LogP contribution in [0.25, 0.3) is 27.6 Å². The van der Waals surface area contributed by atoms with Crippen LogP contribution in [-0.2, 0) is 10.3 Å². The van der Waals surface area contributed by atoms with Crippen LogP contribution in [0, 0.1) is 18.6 Å². The standard InChI is InChI=1S/C21H18F2N8OS/c1-3-21-10-32-7-6-30(21)19-15(31-11(2)26-28-20(21)31)9-24-18(25-19)17-16(27-29-33-17)13-5-4-12(22)8-14(13)23/h4-5,8-9H,3,6-7,10H2,1-2H3/t21-/m0/s1. The Bertz CT molecular complexity index is 1390. The van der Waals surface area contributed by atoms with E-state index in [1.165, 1.54) is 12.1 Å². The molecule has 1 atom stereocenters. The van der Waals surface area contributed by atoms with Crippen LogP contribution in [-0.4, -0.2) is 54.1 Å². The van der Waals surface area contributed by atoms with Crippen LogP contribution in [0.15, 0.2) is 24.4 Å². The molecule has 1 fully saturated rings. The molecule has 0 spiro atoms. The Morgan fingerprint density at radius 1 is 1.21 bits per heavy atom. The quantitative estimate of drug-likeness (QED) is 0.452. The molecule has 0 amide bonds. The van der Waals surface area contributed by atoms with E-state index < -0.39 is 17.2 Å². The number of rotatable bonds is 3. The SMILES string of the molecule is CC[C@@]12COCCN1c1nc(-c3snnc3-c3ccc(F)cc3F)ncc1-n1c(C)nnc12. The third kappa shape index (κ3) is 2.83. The monoisotopic (exact) mass is 468 g/mol. The lowest BCUT2D eigenvalue weighted by atomic mass is 9.90. The van der Waals surface area contributed by atoms with Gasteiger partial charge < -0.3 is 9.64 Å². The van der Waals surface area contributed by atoms with Crippen LogP contribution in [0.4, 0.5) is 14.6 Å². The lowest BCUT2D eigenvalue weighted by molar-refractivity contribution is 0.0390. The summed E-state index contributed by atoms with van der Waals surface area (Å²) in [6.45, 7) is 5.63. The Morgan fingerprint density at radius 2 is 2.09 bits per heavy atom. The van der Waals surface area contributed by atoms with Crippen molar-refractivity contribution in [2.45, 2.75) is 25.8 Å². The highest BCUT2D eigenvalue weighted by Gasteiger charge is 2.49. The summed E-state index contributed by atoms with van der Waals surface area (Å²) in [5.74, 6) is 1.25. The van der Waals surface area contributed by atoms with Crippen LogP contribution in [0.2, 0.25) is 0 Å². The number of hydrogen-bond acceptors (Lipinski definition) is 9. The predicted molar refractivity (Wildman–Crippen MR) is 116 cm³/mol. The minimum atomic E-state index is -0.718. The average molecular weight is 468 g/mol. The first-order valence-corrected chi connectivity index (χ1v) is 11.2. The van der Waals surface area contributed by atoms with Gasteiger partial charge in [-0.1, -0.05) is 11.4 Å². The van der Waals surface area contributed by atoms with Crippen molar-refractivity contribution in [3.05, 3.63) is 47.7 Å². The van der Waals surface area contributed by atoms with Gasteiger partial charge in [0.05, 0.1) is 19.4 Å². The second kappa shape index (κ2) is 7.32. The van der Waals surface area contributed by atoms with Gasteiger partial charge in [0.1, 0.15) is 39.3 Å². The number of ether oxygens (including phenoxy) is 1. The van der Waals surface area contributed by atoms with Gasteiger partial charge in [-0.05, 0) is 37.0 Å². The van der Waals surface area contributed by atoms with Crippen molar-refractivity contribution >= 4 is 17.4 Å². The zero-order chi connectivity index (χ0) is 22.7. The molecule has 9 nitrogen and oxygen atoms in total. The molecule has 2 aliphatic rings. The first kappa shape index (κ1) is 20.2. The maximum atomic E-state index is 14.5. The molecule has 12 heteroatoms. The molecule has 3 aromatic heterocycles. The molecule has 0 aliphatic carbocycles. The molecule has 0 N–H and O–H groups in total. The lowest BCUT2D eigenvalue weighted by Crippen LogP contribution is -2.58. The molecule has 6 rings (SSSR count). The summed E-state index contributed by atoms with van der Waals surface area (Å²) in [4.78, 5) is 12.2. The highest BCUT2D eigenvalue weighted by Crippen LogP contribution is 2.45. The molecule has 1 saturated heterocycles. The maximum Gasteiger partial charge on any atom is 0.175 e. The smallest absolute Gasteiger partial charge is 0.175 e. The molecular formula is C21H18F2N8OS. The fourth-order valence-electron chi connectivity index (χ4n) is 4.61. The fraction of sp³-hybridized carbons (Fsp3) is 0.333. The van der Waals surface area contributed by atoms with E-state index >= 15 is 0 Å². The van der Waals surface area contributed by atoms with Gasteiger partial charge in [-0.2, -0.15) is 0 Å². The molecule has 4 aromatic rings. The molecule has 168 valence electrons. The number of anilines is 1. The van der Waals surface area contributed by atoms with E-state index in [0.29, 0.717) is 30.5 Å². The maximum absolute atomic E-state index is 14.5. The third-order valence-electron chi connectivity index (χ3n) is 6.27. The topological polar surface area (TPSA) is 94.7 Å². The Labute approximate surface area is 191 Å². The van der Waals surface area contributed by atoms with E-state index in [1.54, 1.807) is 6.20 Å². The number of fused-ring (bicyclic) bond motifs is 6. The molecule has 5 heterocycles. The highest BCUT2D eigenvalue weighted by atomic mass is 32.1. The van der Waals surface area contributed by atoms with E-state index in [1.807, 2.05) is 11.5 Å². The van der Waals surface area contributed by atoms with Gasteiger partial charge in [0.15, 0.2) is 17.5 Å². The Balaban J connectivity index is 1.54. The zero-order valence-electron chi connectivity index (χ0n) is 17.8. The number of halogens is 2. The van der Waals surface area contributed by atoms with Crippen molar-refractivity contribution in [1.82, 2.24) is 34.3 Å². The van der Waals surface area contributed by atoms with Gasteiger partial charge >= 0.3 is 0 Å². The second-order valence-corrected chi connectivity index (χ2v) is 8.73. The number of morpholine rings is 1. The Kier molecular flexibility index (Phi) is 4.49. The minimum absolute atomic E-state index is 0.146. The second-order valence-electron chi connectivity index (χ2n) is 7.97. The molecule has 0 unspecified atom stereocenters. The van der Waals surface area contributed by atoms with Crippen molar-refractivity contribution in [2.75, 3.05) is 24.7 Å². The highest BCUT2D eigenvalue weighted by molar-refractivity contribution is 7.09. The van der Waals surface area contributed by atoms with Gasteiger partial charge in [0.25, 0.3) is 0 Å². The number of aromatic nitrogens is 7. The number of benzene rings is 1. The predicted octanol–water partition coefficient (Wildman–Crippen LogP) is 3.28. The Hall–Kier alpha value is -3.38. The molecule has 33 heavy (non-hydrogen) atoms. The summed E-state index contributed by atoms with van der Waals surface area (Å²) < 4.78 is 39.7. The van der Waals surface area contributed by atoms with Crippen LogP contribution >= 0.6 is 11.5 Å². The summed E-state index contributed by atoms with van der Waals surface area (Å²) >= 11 is 1.06. The first-order chi connectivity index (χ1) is 16.0. The Morgan fingerprint density at radius 3 is 2.91 bits per heavy atom. The normalized spacial score (nSPS) is 19.2. The molecular weight excluding hydrogens is 450 g/mol. The van der Waals surface area contributed by atoms with Crippen molar-refractivity contribution < 1.29 is 13.5 Å². The molecule has 1 aromatic carbocycles. The lowest BCUT2D eigenvalue weighted by Gasteiger charge is -2.49. The summed E-state index contributed by atoms with van der Waals surface area (Å²) in [6, 6.07) is 3.36. The van der Waals surface area contributed by atoms with E-state index in [0.717, 1.165) is 47.2 Å². The average Bonchev–Trinajstić information content (AvgIpc) is 3.46. The van der Waals surface area contributed by atoms with Crippen molar-refractivity contribution in [1.29, 1.82) is 0 Å². The van der Waals surface area contributed by atoms with E-state index in [-0.39, 0.29) is 11.3 Å². The number of nitrogens with zero attached hydrogens (tertiary/aromatic N) is 8. The van der Waals surface area contributed by atoms with E-state index in [2.05, 4.69) is 36.6 Å². The molecule has 2 aliphatic heterocycles. The van der Waals surface area contributed by atoms with Crippen molar-refractivity contribution in [3.63, 3.8) is 0 Å². The van der Waals surface area contributed by atoms with Crippen molar-refractivity contribution in [2.24, 2.45) is 0 Å². The van der Waals surface area contributed by atoms with Crippen LogP contribution in [0.1, 0.15) is 25.0 Å². The largest absolute Gasteiger partial charge is 0.377 e. The van der Waals surface area contributed by atoms with Gasteiger partial charge in [0, 0.05) is 18.2 Å². The number of hydrogen-bond donors (Lipinski definition) is 0. The van der Waals surface area contributed by atoms with Gasteiger partial charge in [-0.15, -0.1) is 15.3 Å². The summed E-state index contributed by atoms with van der Waals surface area (Å²) in [5, 5.41) is 12.9. The summed E-state index contributed by atoms with van der Waals surface area (Å²) in [6.07, 6.45) is 2.47. The van der Waals surface area contributed by atoms with Gasteiger partial charge in [-0.25, -0.2) is 18.7 Å². The minimum Gasteiger partial charge on any atom is -0.377 e. The fourth-order valence-corrected chi connectivity index (χ4v) is 5.23. The van der Waals surface area contributed by atoms with Gasteiger partial charge in [-0.3, -0.25) is 4.57 Å². The van der Waals surface area contributed by atoms with E-state index in [9.17, 15) is 8.78 Å².